The third-order valence-corrected chi connectivity index (χ3v) is 7.41. The highest BCUT2D eigenvalue weighted by Gasteiger charge is 2.31. The lowest BCUT2D eigenvalue weighted by Crippen LogP contribution is -2.24. The first-order chi connectivity index (χ1) is 17.3. The van der Waals surface area contributed by atoms with Gasteiger partial charge in [-0.15, -0.1) is 0 Å². The number of ether oxygens (including phenoxy) is 3. The molecule has 0 aliphatic carbocycles. The molecule has 10 heteroatoms. The third kappa shape index (κ3) is 4.72. The van der Waals surface area contributed by atoms with Crippen molar-refractivity contribution in [3.63, 3.8) is 0 Å². The van der Waals surface area contributed by atoms with E-state index in [1.165, 1.54) is 24.1 Å². The molecule has 3 aromatic carbocycles. The lowest BCUT2D eigenvalue weighted by Gasteiger charge is -2.20. The predicted molar refractivity (Wildman–Crippen MR) is 134 cm³/mol. The number of nitrogens with one attached hydrogen (secondary N) is 1. The number of nitrogens with zero attached hydrogens (tertiary/aromatic N) is 2. The molecular formula is C26H25N3O6S. The fourth-order valence-electron chi connectivity index (χ4n) is 4.20. The van der Waals surface area contributed by atoms with Crippen molar-refractivity contribution in [2.24, 2.45) is 5.10 Å². The Morgan fingerprint density at radius 1 is 1.00 bits per heavy atom. The number of hydrazone groups is 1. The fraction of sp³-hybridized carbons (Fsp3) is 0.231. The summed E-state index contributed by atoms with van der Waals surface area (Å²) in [6.45, 7) is 2.29. The van der Waals surface area contributed by atoms with E-state index in [-0.39, 0.29) is 16.8 Å². The quantitative estimate of drug-likeness (QED) is 0.541. The summed E-state index contributed by atoms with van der Waals surface area (Å²) in [4.78, 5) is 12.3. The van der Waals surface area contributed by atoms with Crippen LogP contribution >= 0.6 is 0 Å². The van der Waals surface area contributed by atoms with Crippen molar-refractivity contribution >= 4 is 27.3 Å². The van der Waals surface area contributed by atoms with Gasteiger partial charge >= 0.3 is 0 Å². The van der Waals surface area contributed by atoms with E-state index in [1.807, 2.05) is 24.3 Å². The Hall–Kier alpha value is -4.05. The maximum Gasteiger partial charge on any atom is 0.262 e. The first kappa shape index (κ1) is 23.7. The standard InChI is InChI=1S/C26H25N3O6S/c1-17(30)29-24(19-5-9-21(33-2)10-6-19)16-23(27-29)18-3-7-20(8-4-18)28-36(31,32)22-11-12-25-26(15-22)35-14-13-34-25/h3-12,15,24,28H,13-14,16H2,1-2H3. The van der Waals surface area contributed by atoms with E-state index in [2.05, 4.69) is 9.82 Å². The second-order valence-electron chi connectivity index (χ2n) is 8.39. The number of methoxy groups -OCH3 is 1. The van der Waals surface area contributed by atoms with Crippen LogP contribution in [0.25, 0.3) is 0 Å². The van der Waals surface area contributed by atoms with Gasteiger partial charge in [-0.2, -0.15) is 5.10 Å². The molecule has 2 aliphatic heterocycles. The number of rotatable bonds is 6. The summed E-state index contributed by atoms with van der Waals surface area (Å²) in [5.41, 5.74) is 2.91. The second kappa shape index (κ2) is 9.54. The Kier molecular flexibility index (Phi) is 6.27. The SMILES string of the molecule is COc1ccc(C2CC(c3ccc(NS(=O)(=O)c4ccc5c(c4)OCCO5)cc3)=NN2C(C)=O)cc1. The molecule has 5 rings (SSSR count). The van der Waals surface area contributed by atoms with Crippen LogP contribution in [0, 0.1) is 0 Å². The molecular weight excluding hydrogens is 482 g/mol. The van der Waals surface area contributed by atoms with Crippen molar-refractivity contribution in [1.29, 1.82) is 0 Å². The first-order valence-electron chi connectivity index (χ1n) is 11.4. The van der Waals surface area contributed by atoms with Crippen molar-refractivity contribution in [3.05, 3.63) is 77.9 Å². The summed E-state index contributed by atoms with van der Waals surface area (Å²) in [6, 6.07) is 18.8. The monoisotopic (exact) mass is 507 g/mol. The molecule has 1 amide bonds. The Balaban J connectivity index is 1.32. The van der Waals surface area contributed by atoms with Crippen LogP contribution in [0.15, 0.2) is 76.7 Å². The lowest BCUT2D eigenvalue weighted by molar-refractivity contribution is -0.130. The molecule has 9 nitrogen and oxygen atoms in total. The maximum absolute atomic E-state index is 12.9. The summed E-state index contributed by atoms with van der Waals surface area (Å²) < 4.78 is 44.6. The molecule has 2 aliphatic rings. The highest BCUT2D eigenvalue weighted by Crippen LogP contribution is 2.35. The normalized spacial score (nSPS) is 16.9. The van der Waals surface area contributed by atoms with Gasteiger partial charge in [0.05, 0.1) is 23.8 Å². The Morgan fingerprint density at radius 3 is 2.36 bits per heavy atom. The second-order valence-corrected chi connectivity index (χ2v) is 10.1. The molecule has 0 saturated carbocycles. The molecule has 0 fully saturated rings. The number of carbonyl (C=O) groups excluding carboxylic acids is 1. The molecule has 1 N–H and O–H groups in total. The minimum absolute atomic E-state index is 0.0791. The minimum Gasteiger partial charge on any atom is -0.497 e. The van der Waals surface area contributed by atoms with Gasteiger partial charge in [0.1, 0.15) is 19.0 Å². The van der Waals surface area contributed by atoms with Crippen molar-refractivity contribution in [1.82, 2.24) is 5.01 Å². The van der Waals surface area contributed by atoms with E-state index in [1.54, 1.807) is 37.4 Å². The molecule has 1 atom stereocenters. The smallest absolute Gasteiger partial charge is 0.262 e. The average molecular weight is 508 g/mol. The van der Waals surface area contributed by atoms with Crippen LogP contribution in [-0.4, -0.2) is 45.4 Å². The van der Waals surface area contributed by atoms with Crippen LogP contribution in [0.3, 0.4) is 0 Å². The van der Waals surface area contributed by atoms with Crippen molar-refractivity contribution < 1.29 is 27.4 Å². The molecule has 0 radical (unpaired) electrons. The van der Waals surface area contributed by atoms with Gasteiger partial charge in [-0.25, -0.2) is 13.4 Å². The van der Waals surface area contributed by atoms with Crippen LogP contribution in [0.4, 0.5) is 5.69 Å². The Labute approximate surface area is 209 Å². The largest absolute Gasteiger partial charge is 0.497 e. The topological polar surface area (TPSA) is 107 Å². The summed E-state index contributed by atoms with van der Waals surface area (Å²) in [5.74, 6) is 1.51. The highest BCUT2D eigenvalue weighted by atomic mass is 32.2. The molecule has 0 aromatic heterocycles. The minimum atomic E-state index is -3.83. The van der Waals surface area contributed by atoms with E-state index in [0.29, 0.717) is 36.8 Å². The average Bonchev–Trinajstić information content (AvgIpc) is 3.35. The molecule has 0 bridgehead atoms. The summed E-state index contributed by atoms with van der Waals surface area (Å²) >= 11 is 0. The van der Waals surface area contributed by atoms with Gasteiger partial charge in [-0.3, -0.25) is 9.52 Å². The molecule has 186 valence electrons. The number of amides is 1. The van der Waals surface area contributed by atoms with Gasteiger partial charge in [0.25, 0.3) is 10.0 Å². The van der Waals surface area contributed by atoms with E-state index in [0.717, 1.165) is 22.6 Å². The van der Waals surface area contributed by atoms with Gasteiger partial charge in [0.2, 0.25) is 5.91 Å². The number of carbonyl (C=O) groups is 1. The van der Waals surface area contributed by atoms with Gasteiger partial charge in [0, 0.05) is 25.1 Å². The summed E-state index contributed by atoms with van der Waals surface area (Å²) in [5, 5.41) is 6.04. The highest BCUT2D eigenvalue weighted by molar-refractivity contribution is 7.92. The number of anilines is 1. The Morgan fingerprint density at radius 2 is 1.69 bits per heavy atom. The van der Waals surface area contributed by atoms with Gasteiger partial charge < -0.3 is 14.2 Å². The number of fused-ring (bicyclic) bond motifs is 1. The molecule has 1 unspecified atom stereocenters. The molecule has 2 heterocycles. The zero-order valence-electron chi connectivity index (χ0n) is 19.8. The van der Waals surface area contributed by atoms with Crippen LogP contribution in [-0.2, 0) is 14.8 Å². The molecule has 0 spiro atoms. The number of hydrogen-bond donors (Lipinski definition) is 1. The van der Waals surface area contributed by atoms with Crippen LogP contribution in [0.1, 0.15) is 30.5 Å². The van der Waals surface area contributed by atoms with E-state index < -0.39 is 10.0 Å². The number of benzene rings is 3. The zero-order chi connectivity index (χ0) is 25.3. The lowest BCUT2D eigenvalue weighted by atomic mass is 9.98. The van der Waals surface area contributed by atoms with Crippen LogP contribution in [0.2, 0.25) is 0 Å². The van der Waals surface area contributed by atoms with Gasteiger partial charge in [-0.05, 0) is 47.5 Å². The number of sulfonamides is 1. The van der Waals surface area contributed by atoms with Crippen LogP contribution in [0.5, 0.6) is 17.2 Å². The Bertz CT molecular complexity index is 1420. The molecule has 3 aromatic rings. The zero-order valence-corrected chi connectivity index (χ0v) is 20.6. The fourth-order valence-corrected chi connectivity index (χ4v) is 5.27. The molecule has 0 saturated heterocycles. The van der Waals surface area contributed by atoms with Crippen molar-refractivity contribution in [2.75, 3.05) is 25.0 Å². The summed E-state index contributed by atoms with van der Waals surface area (Å²) in [6.07, 6.45) is 0.536. The van der Waals surface area contributed by atoms with Crippen LogP contribution < -0.4 is 18.9 Å². The predicted octanol–water partition coefficient (Wildman–Crippen LogP) is 3.96. The van der Waals surface area contributed by atoms with Crippen molar-refractivity contribution in [3.8, 4) is 17.2 Å². The first-order valence-corrected chi connectivity index (χ1v) is 12.9. The van der Waals surface area contributed by atoms with E-state index in [9.17, 15) is 13.2 Å². The van der Waals surface area contributed by atoms with Gasteiger partial charge in [-0.1, -0.05) is 24.3 Å². The van der Waals surface area contributed by atoms with E-state index in [4.69, 9.17) is 14.2 Å². The maximum atomic E-state index is 12.9. The van der Waals surface area contributed by atoms with E-state index >= 15 is 0 Å². The van der Waals surface area contributed by atoms with Gasteiger partial charge in [0.15, 0.2) is 11.5 Å². The number of hydrogen-bond acceptors (Lipinski definition) is 7. The third-order valence-electron chi connectivity index (χ3n) is 6.03. The van der Waals surface area contributed by atoms with Crippen molar-refractivity contribution in [2.45, 2.75) is 24.3 Å². The summed E-state index contributed by atoms with van der Waals surface area (Å²) in [7, 11) is -2.22. The molecule has 36 heavy (non-hydrogen) atoms.